The molecule has 0 fully saturated rings. The molecule has 0 aromatic heterocycles. The molecule has 0 amide bonds. The van der Waals surface area contributed by atoms with Gasteiger partial charge in [-0.25, -0.2) is 4.39 Å². The lowest BCUT2D eigenvalue weighted by atomic mass is 10.0. The summed E-state index contributed by atoms with van der Waals surface area (Å²) < 4.78 is 14.2. The van der Waals surface area contributed by atoms with Gasteiger partial charge >= 0.3 is 0 Å². The summed E-state index contributed by atoms with van der Waals surface area (Å²) in [6.07, 6.45) is 0. The number of hydrogen-bond acceptors (Lipinski definition) is 2. The van der Waals surface area contributed by atoms with Crippen LogP contribution in [0.1, 0.15) is 26.3 Å². The van der Waals surface area contributed by atoms with Crippen molar-refractivity contribution in [2.45, 2.75) is 39.0 Å². The lowest BCUT2D eigenvalue weighted by Crippen LogP contribution is -2.44. The van der Waals surface area contributed by atoms with Gasteiger partial charge in [-0.3, -0.25) is 0 Å². The van der Waals surface area contributed by atoms with Crippen LogP contribution in [-0.4, -0.2) is 16.7 Å². The minimum absolute atomic E-state index is 0.106. The molecule has 2 N–H and O–H groups in total. The van der Waals surface area contributed by atoms with Gasteiger partial charge in [0.1, 0.15) is 5.82 Å². The van der Waals surface area contributed by atoms with E-state index in [9.17, 15) is 9.50 Å². The molecule has 1 rings (SSSR count). The van der Waals surface area contributed by atoms with Gasteiger partial charge in [0.25, 0.3) is 0 Å². The van der Waals surface area contributed by atoms with E-state index in [0.29, 0.717) is 12.1 Å². The van der Waals surface area contributed by atoms with E-state index >= 15 is 0 Å². The molecule has 0 aliphatic heterocycles. The van der Waals surface area contributed by atoms with Gasteiger partial charge in [-0.1, -0.05) is 15.9 Å². The van der Waals surface area contributed by atoms with Crippen LogP contribution in [0.2, 0.25) is 0 Å². The predicted molar refractivity (Wildman–Crippen MR) is 66.7 cm³/mol. The number of halogens is 2. The molecular formula is C12H17BrFNO. The Morgan fingerprint density at radius 3 is 2.69 bits per heavy atom. The average molecular weight is 290 g/mol. The Labute approximate surface area is 104 Å². The maximum Gasteiger partial charge on any atom is 0.127 e. The Hall–Kier alpha value is -0.450. The minimum atomic E-state index is -0.817. The maximum atomic E-state index is 13.4. The average Bonchev–Trinajstić information content (AvgIpc) is 2.17. The number of rotatable bonds is 4. The van der Waals surface area contributed by atoms with E-state index in [0.717, 1.165) is 4.47 Å². The van der Waals surface area contributed by atoms with Crippen molar-refractivity contribution in [1.82, 2.24) is 5.32 Å². The van der Waals surface area contributed by atoms with Crippen LogP contribution in [0.3, 0.4) is 0 Å². The van der Waals surface area contributed by atoms with E-state index in [1.54, 1.807) is 26.0 Å². The van der Waals surface area contributed by atoms with Crippen LogP contribution in [0, 0.1) is 5.82 Å². The van der Waals surface area contributed by atoms with Gasteiger partial charge in [0.2, 0.25) is 0 Å². The summed E-state index contributed by atoms with van der Waals surface area (Å²) in [5, 5.41) is 12.8. The topological polar surface area (TPSA) is 32.3 Å². The molecular weight excluding hydrogens is 273 g/mol. The van der Waals surface area contributed by atoms with Crippen molar-refractivity contribution in [1.29, 1.82) is 0 Å². The van der Waals surface area contributed by atoms with Crippen molar-refractivity contribution in [3.8, 4) is 0 Å². The standard InChI is InChI=1S/C12H17BrFNO/c1-8(12(2,3)16)15-7-9-6-10(13)4-5-11(9)14/h4-6,8,15-16H,7H2,1-3H3. The molecule has 1 atom stereocenters. The number of aliphatic hydroxyl groups is 1. The Morgan fingerprint density at radius 2 is 2.12 bits per heavy atom. The van der Waals surface area contributed by atoms with Gasteiger partial charge in [-0.15, -0.1) is 0 Å². The minimum Gasteiger partial charge on any atom is -0.389 e. The summed E-state index contributed by atoms with van der Waals surface area (Å²) in [6.45, 7) is 5.72. The Bertz CT molecular complexity index is 363. The van der Waals surface area contributed by atoms with E-state index in [2.05, 4.69) is 21.2 Å². The maximum absolute atomic E-state index is 13.4. The highest BCUT2D eigenvalue weighted by Gasteiger charge is 2.21. The van der Waals surface area contributed by atoms with Crippen LogP contribution >= 0.6 is 15.9 Å². The SMILES string of the molecule is CC(NCc1cc(Br)ccc1F)C(C)(C)O. The molecule has 16 heavy (non-hydrogen) atoms. The molecule has 90 valence electrons. The van der Waals surface area contributed by atoms with E-state index in [-0.39, 0.29) is 11.9 Å². The summed E-state index contributed by atoms with van der Waals surface area (Å²) in [5.41, 5.74) is -0.229. The summed E-state index contributed by atoms with van der Waals surface area (Å²) in [7, 11) is 0. The monoisotopic (exact) mass is 289 g/mol. The predicted octanol–water partition coefficient (Wildman–Crippen LogP) is 2.84. The lowest BCUT2D eigenvalue weighted by Gasteiger charge is -2.27. The van der Waals surface area contributed by atoms with E-state index in [1.165, 1.54) is 6.07 Å². The van der Waals surface area contributed by atoms with Gasteiger partial charge in [0.15, 0.2) is 0 Å². The highest BCUT2D eigenvalue weighted by molar-refractivity contribution is 9.10. The molecule has 0 saturated heterocycles. The molecule has 0 saturated carbocycles. The van der Waals surface area contributed by atoms with Crippen molar-refractivity contribution in [2.24, 2.45) is 0 Å². The molecule has 1 aromatic carbocycles. The normalized spacial score (nSPS) is 13.9. The number of hydrogen-bond donors (Lipinski definition) is 2. The van der Waals surface area contributed by atoms with Crippen molar-refractivity contribution in [3.05, 3.63) is 34.1 Å². The molecule has 0 bridgehead atoms. The highest BCUT2D eigenvalue weighted by atomic mass is 79.9. The van der Waals surface area contributed by atoms with E-state index in [1.807, 2.05) is 6.92 Å². The quantitative estimate of drug-likeness (QED) is 0.893. The smallest absolute Gasteiger partial charge is 0.127 e. The zero-order chi connectivity index (χ0) is 12.3. The second kappa shape index (κ2) is 5.25. The number of benzene rings is 1. The Kier molecular flexibility index (Phi) is 4.47. The zero-order valence-electron chi connectivity index (χ0n) is 9.72. The molecule has 0 heterocycles. The zero-order valence-corrected chi connectivity index (χ0v) is 11.3. The fourth-order valence-corrected chi connectivity index (χ4v) is 1.60. The molecule has 0 spiro atoms. The van der Waals surface area contributed by atoms with Gasteiger partial charge in [0, 0.05) is 22.6 Å². The molecule has 0 radical (unpaired) electrons. The third-order valence-electron chi connectivity index (χ3n) is 2.67. The van der Waals surface area contributed by atoms with Gasteiger partial charge < -0.3 is 10.4 Å². The van der Waals surface area contributed by atoms with Crippen LogP contribution in [0.4, 0.5) is 4.39 Å². The van der Waals surface area contributed by atoms with Crippen LogP contribution in [-0.2, 0) is 6.54 Å². The molecule has 0 aliphatic carbocycles. The third kappa shape index (κ3) is 3.85. The van der Waals surface area contributed by atoms with E-state index in [4.69, 9.17) is 0 Å². The second-order valence-corrected chi connectivity index (χ2v) is 5.41. The van der Waals surface area contributed by atoms with Crippen LogP contribution < -0.4 is 5.32 Å². The lowest BCUT2D eigenvalue weighted by molar-refractivity contribution is 0.0436. The summed E-state index contributed by atoms with van der Waals surface area (Å²) in [5.74, 6) is -0.237. The van der Waals surface area contributed by atoms with Crippen LogP contribution in [0.25, 0.3) is 0 Å². The largest absolute Gasteiger partial charge is 0.389 e. The van der Waals surface area contributed by atoms with Crippen molar-refractivity contribution in [2.75, 3.05) is 0 Å². The first-order valence-corrected chi connectivity index (χ1v) is 5.99. The van der Waals surface area contributed by atoms with Gasteiger partial charge in [-0.05, 0) is 39.0 Å². The van der Waals surface area contributed by atoms with Crippen molar-refractivity contribution in [3.63, 3.8) is 0 Å². The first-order chi connectivity index (χ1) is 7.30. The Balaban J connectivity index is 2.64. The van der Waals surface area contributed by atoms with E-state index < -0.39 is 5.60 Å². The second-order valence-electron chi connectivity index (χ2n) is 4.49. The molecule has 4 heteroatoms. The van der Waals surface area contributed by atoms with Crippen LogP contribution in [0.5, 0.6) is 0 Å². The molecule has 1 aromatic rings. The van der Waals surface area contributed by atoms with Crippen molar-refractivity contribution < 1.29 is 9.50 Å². The molecule has 0 aliphatic rings. The first-order valence-electron chi connectivity index (χ1n) is 5.20. The summed E-state index contributed by atoms with van der Waals surface area (Å²) >= 11 is 3.30. The van der Waals surface area contributed by atoms with Crippen molar-refractivity contribution >= 4 is 15.9 Å². The number of nitrogens with one attached hydrogen (secondary N) is 1. The third-order valence-corrected chi connectivity index (χ3v) is 3.16. The van der Waals surface area contributed by atoms with Gasteiger partial charge in [0.05, 0.1) is 5.60 Å². The first kappa shape index (κ1) is 13.6. The van der Waals surface area contributed by atoms with Crippen LogP contribution in [0.15, 0.2) is 22.7 Å². The fraction of sp³-hybridized carbons (Fsp3) is 0.500. The summed E-state index contributed by atoms with van der Waals surface area (Å²) in [4.78, 5) is 0. The highest BCUT2D eigenvalue weighted by Crippen LogP contribution is 2.16. The molecule has 2 nitrogen and oxygen atoms in total. The molecule has 1 unspecified atom stereocenters. The summed E-state index contributed by atoms with van der Waals surface area (Å²) in [6, 6.07) is 4.72. The Morgan fingerprint density at radius 1 is 1.50 bits per heavy atom. The fourth-order valence-electron chi connectivity index (χ4n) is 1.19. The van der Waals surface area contributed by atoms with Gasteiger partial charge in [-0.2, -0.15) is 0 Å².